The zero-order valence-electron chi connectivity index (χ0n) is 16.0. The molecule has 0 fully saturated rings. The molecule has 0 atom stereocenters. The van der Waals surface area contributed by atoms with Gasteiger partial charge in [-0.15, -0.1) is 0 Å². The van der Waals surface area contributed by atoms with Gasteiger partial charge in [-0.1, -0.05) is 6.58 Å². The van der Waals surface area contributed by atoms with Crippen LogP contribution < -0.4 is 15.5 Å². The van der Waals surface area contributed by atoms with Crippen LogP contribution in [0.15, 0.2) is 31.0 Å². The molecule has 0 unspecified atom stereocenters. The van der Waals surface area contributed by atoms with Crippen LogP contribution >= 0.6 is 0 Å². The lowest BCUT2D eigenvalue weighted by molar-refractivity contribution is -0.148. The smallest absolute Gasteiger partial charge is 0.412 e. The molecule has 0 saturated heterocycles. The van der Waals surface area contributed by atoms with Gasteiger partial charge in [-0.25, -0.2) is 9.59 Å². The van der Waals surface area contributed by atoms with Crippen molar-refractivity contribution in [2.75, 3.05) is 10.6 Å². The van der Waals surface area contributed by atoms with Crippen molar-refractivity contribution in [1.82, 2.24) is 0 Å². The van der Waals surface area contributed by atoms with E-state index in [0.29, 0.717) is 5.69 Å². The summed E-state index contributed by atoms with van der Waals surface area (Å²) in [4.78, 5) is 33.6. The standard InChI is InChI=1S/C18H26N2O6/c1-8-23-26-14-10-9-12(19-15(21)24-17(2,3)4)11-13(14)20-16(22)25-18(5,6)7/h8-11H,1H2,2-7H3,(H,19,21)(H,20,22). The fraction of sp³-hybridized carbons (Fsp3) is 0.444. The molecule has 0 aromatic heterocycles. The summed E-state index contributed by atoms with van der Waals surface area (Å²) in [7, 11) is 0. The van der Waals surface area contributed by atoms with E-state index in [2.05, 4.69) is 22.1 Å². The largest absolute Gasteiger partial charge is 0.444 e. The third-order valence-electron chi connectivity index (χ3n) is 2.47. The van der Waals surface area contributed by atoms with E-state index in [-0.39, 0.29) is 11.4 Å². The molecule has 0 aliphatic carbocycles. The van der Waals surface area contributed by atoms with Gasteiger partial charge in [0.15, 0.2) is 0 Å². The van der Waals surface area contributed by atoms with Crippen LogP contribution in [0.3, 0.4) is 0 Å². The Labute approximate surface area is 153 Å². The maximum Gasteiger partial charge on any atom is 0.412 e. The zero-order valence-corrected chi connectivity index (χ0v) is 16.0. The topological polar surface area (TPSA) is 95.1 Å². The molecule has 0 bridgehead atoms. The third kappa shape index (κ3) is 8.27. The van der Waals surface area contributed by atoms with Crippen LogP contribution in [0.25, 0.3) is 0 Å². The van der Waals surface area contributed by atoms with Crippen LogP contribution in [0.4, 0.5) is 21.0 Å². The lowest BCUT2D eigenvalue weighted by Gasteiger charge is -2.21. The first-order chi connectivity index (χ1) is 11.9. The second-order valence-corrected chi connectivity index (χ2v) is 7.31. The Bertz CT molecular complexity index is 659. The average Bonchev–Trinajstić information content (AvgIpc) is 2.42. The lowest BCUT2D eigenvalue weighted by Crippen LogP contribution is -2.28. The summed E-state index contributed by atoms with van der Waals surface area (Å²) >= 11 is 0. The number of hydrogen-bond acceptors (Lipinski definition) is 6. The van der Waals surface area contributed by atoms with E-state index in [0.717, 1.165) is 6.26 Å². The monoisotopic (exact) mass is 366 g/mol. The molecule has 0 aliphatic heterocycles. The Morgan fingerprint density at radius 1 is 0.962 bits per heavy atom. The molecule has 0 saturated carbocycles. The zero-order chi connectivity index (χ0) is 20.0. The minimum atomic E-state index is -0.685. The second kappa shape index (κ2) is 8.46. The van der Waals surface area contributed by atoms with Crippen LogP contribution in [0.1, 0.15) is 41.5 Å². The molecule has 0 aliphatic rings. The van der Waals surface area contributed by atoms with Crippen LogP contribution in [-0.4, -0.2) is 23.4 Å². The first-order valence-electron chi connectivity index (χ1n) is 7.98. The number of rotatable bonds is 5. The van der Waals surface area contributed by atoms with Crippen LogP contribution in [-0.2, 0) is 14.4 Å². The molecule has 144 valence electrons. The van der Waals surface area contributed by atoms with Crippen molar-refractivity contribution in [3.8, 4) is 5.75 Å². The molecule has 2 N–H and O–H groups in total. The van der Waals surface area contributed by atoms with Gasteiger partial charge in [0.1, 0.15) is 17.5 Å². The highest BCUT2D eigenvalue weighted by Gasteiger charge is 2.20. The van der Waals surface area contributed by atoms with Gasteiger partial charge in [0.05, 0.1) is 5.69 Å². The highest BCUT2D eigenvalue weighted by molar-refractivity contribution is 5.90. The summed E-state index contributed by atoms with van der Waals surface area (Å²) in [5.41, 5.74) is -0.691. The highest BCUT2D eigenvalue weighted by atomic mass is 17.2. The number of carbonyl (C=O) groups is 2. The summed E-state index contributed by atoms with van der Waals surface area (Å²) < 4.78 is 10.4. The Kier molecular flexibility index (Phi) is 6.88. The molecular weight excluding hydrogens is 340 g/mol. The number of carbonyl (C=O) groups excluding carboxylic acids is 2. The molecule has 8 heteroatoms. The Morgan fingerprint density at radius 2 is 1.50 bits per heavy atom. The molecule has 2 amide bonds. The average molecular weight is 366 g/mol. The normalized spacial score (nSPS) is 11.2. The van der Waals surface area contributed by atoms with E-state index in [1.807, 2.05) is 0 Å². The van der Waals surface area contributed by atoms with E-state index in [4.69, 9.17) is 14.4 Å². The molecule has 8 nitrogen and oxygen atoms in total. The Hall–Kier alpha value is -2.90. The summed E-state index contributed by atoms with van der Waals surface area (Å²) in [6.07, 6.45) is -0.225. The van der Waals surface area contributed by atoms with Gasteiger partial charge in [0, 0.05) is 5.69 Å². The molecular formula is C18H26N2O6. The van der Waals surface area contributed by atoms with Crippen molar-refractivity contribution in [2.45, 2.75) is 52.7 Å². The van der Waals surface area contributed by atoms with Crippen LogP contribution in [0, 0.1) is 0 Å². The van der Waals surface area contributed by atoms with Gasteiger partial charge < -0.3 is 9.47 Å². The van der Waals surface area contributed by atoms with E-state index in [1.165, 1.54) is 12.1 Å². The molecule has 0 radical (unpaired) electrons. The molecule has 1 aromatic carbocycles. The second-order valence-electron chi connectivity index (χ2n) is 7.31. The molecule has 0 spiro atoms. The number of hydrogen-bond donors (Lipinski definition) is 2. The maximum atomic E-state index is 12.0. The third-order valence-corrected chi connectivity index (χ3v) is 2.47. The Morgan fingerprint density at radius 3 is 2.00 bits per heavy atom. The number of ether oxygens (including phenoxy) is 2. The molecule has 26 heavy (non-hydrogen) atoms. The predicted molar refractivity (Wildman–Crippen MR) is 98.1 cm³/mol. The number of nitrogens with one attached hydrogen (secondary N) is 2. The van der Waals surface area contributed by atoms with Crippen molar-refractivity contribution >= 4 is 23.6 Å². The first kappa shape index (κ1) is 21.1. The van der Waals surface area contributed by atoms with Crippen molar-refractivity contribution in [2.24, 2.45) is 0 Å². The molecule has 0 heterocycles. The van der Waals surface area contributed by atoms with Gasteiger partial charge >= 0.3 is 12.2 Å². The van der Waals surface area contributed by atoms with Crippen LogP contribution in [0.5, 0.6) is 5.75 Å². The fourth-order valence-corrected chi connectivity index (χ4v) is 1.70. The van der Waals surface area contributed by atoms with Gasteiger partial charge in [0.25, 0.3) is 0 Å². The maximum absolute atomic E-state index is 12.0. The van der Waals surface area contributed by atoms with Crippen LogP contribution in [0.2, 0.25) is 0 Å². The van der Waals surface area contributed by atoms with Gasteiger partial charge in [-0.3, -0.25) is 20.4 Å². The van der Waals surface area contributed by atoms with E-state index in [1.54, 1.807) is 47.6 Å². The number of anilines is 2. The van der Waals surface area contributed by atoms with Gasteiger partial charge in [-0.2, -0.15) is 0 Å². The van der Waals surface area contributed by atoms with E-state index in [9.17, 15) is 9.59 Å². The summed E-state index contributed by atoms with van der Waals surface area (Å²) in [6, 6.07) is 4.55. The summed E-state index contributed by atoms with van der Waals surface area (Å²) in [5.74, 6) is 0.200. The summed E-state index contributed by atoms with van der Waals surface area (Å²) in [5, 5.41) is 5.12. The van der Waals surface area contributed by atoms with E-state index >= 15 is 0 Å². The van der Waals surface area contributed by atoms with Crippen molar-refractivity contribution in [3.63, 3.8) is 0 Å². The highest BCUT2D eigenvalue weighted by Crippen LogP contribution is 2.29. The number of amides is 2. The van der Waals surface area contributed by atoms with Gasteiger partial charge in [0.2, 0.25) is 5.75 Å². The first-order valence-corrected chi connectivity index (χ1v) is 7.98. The SMILES string of the molecule is C=COOc1ccc(NC(=O)OC(C)(C)C)cc1NC(=O)OC(C)(C)C. The van der Waals surface area contributed by atoms with E-state index < -0.39 is 23.4 Å². The number of benzene rings is 1. The quantitative estimate of drug-likeness (QED) is 0.440. The van der Waals surface area contributed by atoms with Crippen molar-refractivity contribution < 1.29 is 28.8 Å². The van der Waals surface area contributed by atoms with Crippen molar-refractivity contribution in [1.29, 1.82) is 0 Å². The minimum Gasteiger partial charge on any atom is -0.444 e. The minimum absolute atomic E-state index is 0.200. The predicted octanol–water partition coefficient (Wildman–Crippen LogP) is 4.83. The Balaban J connectivity index is 2.97. The summed E-state index contributed by atoms with van der Waals surface area (Å²) in [6.45, 7) is 13.9. The fourth-order valence-electron chi connectivity index (χ4n) is 1.70. The lowest BCUT2D eigenvalue weighted by atomic mass is 10.2. The molecule has 1 rings (SSSR count). The van der Waals surface area contributed by atoms with Crippen molar-refractivity contribution in [3.05, 3.63) is 31.0 Å². The molecule has 1 aromatic rings. The van der Waals surface area contributed by atoms with Gasteiger partial charge in [-0.05, 0) is 59.7 Å².